The summed E-state index contributed by atoms with van der Waals surface area (Å²) in [6.45, 7) is 6.14. The van der Waals surface area contributed by atoms with E-state index in [9.17, 15) is 4.79 Å². The molecule has 2 heterocycles. The quantitative estimate of drug-likeness (QED) is 0.848. The number of hydrogen-bond acceptors (Lipinski definition) is 5. The molecule has 0 bridgehead atoms. The number of fused-ring (bicyclic) bond motifs is 1. The number of carbonyl (C=O) groups is 1. The number of nitrogens with zero attached hydrogens (tertiary/aromatic N) is 2. The van der Waals surface area contributed by atoms with Crippen LogP contribution in [0.1, 0.15) is 17.5 Å². The number of nitrogens with one attached hydrogen (secondary N) is 1. The molecule has 1 aromatic rings. The lowest BCUT2D eigenvalue weighted by Gasteiger charge is -2.31. The lowest BCUT2D eigenvalue weighted by molar-refractivity contribution is -0.132. The minimum absolute atomic E-state index is 0. The van der Waals surface area contributed by atoms with Gasteiger partial charge in [-0.05, 0) is 29.7 Å². The van der Waals surface area contributed by atoms with Crippen LogP contribution in [0.2, 0.25) is 0 Å². The van der Waals surface area contributed by atoms with E-state index in [0.29, 0.717) is 6.42 Å². The van der Waals surface area contributed by atoms with Gasteiger partial charge in [0.25, 0.3) is 0 Å². The van der Waals surface area contributed by atoms with Gasteiger partial charge in [-0.2, -0.15) is 0 Å². The van der Waals surface area contributed by atoms with Crippen LogP contribution in [0, 0.1) is 0 Å². The molecule has 1 aromatic carbocycles. The van der Waals surface area contributed by atoms with Gasteiger partial charge >= 0.3 is 0 Å². The SMILES string of the molecule is COc1cc2c(cc1OC)CN(CCC(=O)N1CCNCC1)CC2.Cl. The number of methoxy groups -OCH3 is 2. The van der Waals surface area contributed by atoms with Crippen LogP contribution >= 0.6 is 12.4 Å². The van der Waals surface area contributed by atoms with Gasteiger partial charge in [0.05, 0.1) is 14.2 Å². The summed E-state index contributed by atoms with van der Waals surface area (Å²) in [5.41, 5.74) is 2.59. The van der Waals surface area contributed by atoms with E-state index in [1.54, 1.807) is 14.2 Å². The molecule has 2 aliphatic rings. The Labute approximate surface area is 155 Å². The zero-order valence-corrected chi connectivity index (χ0v) is 15.9. The molecule has 1 fully saturated rings. The number of carbonyl (C=O) groups excluding carboxylic acids is 1. The van der Waals surface area contributed by atoms with Crippen molar-refractivity contribution in [2.75, 3.05) is 53.5 Å². The number of benzene rings is 1. The first-order valence-corrected chi connectivity index (χ1v) is 8.66. The van der Waals surface area contributed by atoms with Crippen molar-refractivity contribution >= 4 is 18.3 Å². The number of halogens is 1. The summed E-state index contributed by atoms with van der Waals surface area (Å²) >= 11 is 0. The molecule has 2 aliphatic heterocycles. The molecule has 6 nitrogen and oxygen atoms in total. The summed E-state index contributed by atoms with van der Waals surface area (Å²) in [4.78, 5) is 16.6. The van der Waals surface area contributed by atoms with Gasteiger partial charge in [-0.3, -0.25) is 9.69 Å². The van der Waals surface area contributed by atoms with Gasteiger partial charge in [-0.1, -0.05) is 0 Å². The molecule has 1 N–H and O–H groups in total. The fraction of sp³-hybridized carbons (Fsp3) is 0.611. The molecular formula is C18H28ClN3O3. The minimum atomic E-state index is 0. The maximum absolute atomic E-state index is 12.3. The summed E-state index contributed by atoms with van der Waals surface area (Å²) in [6.07, 6.45) is 1.58. The molecule has 0 aliphatic carbocycles. The predicted octanol–water partition coefficient (Wildman–Crippen LogP) is 1.31. The van der Waals surface area contributed by atoms with Crippen molar-refractivity contribution < 1.29 is 14.3 Å². The van der Waals surface area contributed by atoms with Gasteiger partial charge in [0.15, 0.2) is 11.5 Å². The van der Waals surface area contributed by atoms with Gasteiger partial charge in [-0.25, -0.2) is 0 Å². The molecule has 0 saturated carbocycles. The topological polar surface area (TPSA) is 54.0 Å². The molecule has 1 amide bonds. The maximum Gasteiger partial charge on any atom is 0.223 e. The Bertz CT molecular complexity index is 591. The minimum Gasteiger partial charge on any atom is -0.493 e. The van der Waals surface area contributed by atoms with Crippen LogP contribution in [-0.2, 0) is 17.8 Å². The van der Waals surface area contributed by atoms with E-state index in [1.807, 2.05) is 4.90 Å². The van der Waals surface area contributed by atoms with E-state index >= 15 is 0 Å². The van der Waals surface area contributed by atoms with Gasteiger partial charge in [0, 0.05) is 52.2 Å². The Morgan fingerprint density at radius 1 is 1.08 bits per heavy atom. The van der Waals surface area contributed by atoms with E-state index in [4.69, 9.17) is 9.47 Å². The van der Waals surface area contributed by atoms with Crippen molar-refractivity contribution in [2.24, 2.45) is 0 Å². The van der Waals surface area contributed by atoms with Crippen molar-refractivity contribution in [2.45, 2.75) is 19.4 Å². The van der Waals surface area contributed by atoms with Crippen LogP contribution in [0.5, 0.6) is 11.5 Å². The first kappa shape index (κ1) is 19.8. The smallest absolute Gasteiger partial charge is 0.223 e. The fourth-order valence-electron chi connectivity index (χ4n) is 3.46. The average molecular weight is 370 g/mol. The van der Waals surface area contributed by atoms with E-state index < -0.39 is 0 Å². The maximum atomic E-state index is 12.3. The fourth-order valence-corrected chi connectivity index (χ4v) is 3.46. The summed E-state index contributed by atoms with van der Waals surface area (Å²) in [7, 11) is 3.33. The molecule has 0 radical (unpaired) electrons. The third-order valence-electron chi connectivity index (χ3n) is 4.91. The summed E-state index contributed by atoms with van der Waals surface area (Å²) in [5, 5.41) is 3.28. The molecular weight excluding hydrogens is 342 g/mol. The monoisotopic (exact) mass is 369 g/mol. The van der Waals surface area contributed by atoms with Crippen LogP contribution in [0.4, 0.5) is 0 Å². The van der Waals surface area contributed by atoms with Crippen molar-refractivity contribution in [3.05, 3.63) is 23.3 Å². The second-order valence-corrected chi connectivity index (χ2v) is 6.38. The first-order valence-electron chi connectivity index (χ1n) is 8.66. The van der Waals surface area contributed by atoms with E-state index in [2.05, 4.69) is 22.3 Å². The van der Waals surface area contributed by atoms with Crippen LogP contribution in [-0.4, -0.2) is 69.2 Å². The summed E-state index contributed by atoms with van der Waals surface area (Å²) in [5.74, 6) is 1.84. The third kappa shape index (κ3) is 4.77. The molecule has 0 atom stereocenters. The van der Waals surface area contributed by atoms with Crippen molar-refractivity contribution in [1.29, 1.82) is 0 Å². The normalized spacial score (nSPS) is 17.4. The van der Waals surface area contributed by atoms with Crippen molar-refractivity contribution in [3.63, 3.8) is 0 Å². The van der Waals surface area contributed by atoms with Crippen LogP contribution in [0.25, 0.3) is 0 Å². The highest BCUT2D eigenvalue weighted by Crippen LogP contribution is 2.33. The number of piperazine rings is 1. The Hall–Kier alpha value is -1.50. The lowest BCUT2D eigenvalue weighted by Crippen LogP contribution is -2.47. The molecule has 140 valence electrons. The second kappa shape index (κ2) is 9.27. The molecule has 7 heteroatoms. The molecule has 0 aromatic heterocycles. The Kier molecular flexibility index (Phi) is 7.35. The van der Waals surface area contributed by atoms with E-state index in [1.165, 1.54) is 11.1 Å². The molecule has 1 saturated heterocycles. The number of amides is 1. The highest BCUT2D eigenvalue weighted by molar-refractivity contribution is 5.85. The highest BCUT2D eigenvalue weighted by atomic mass is 35.5. The van der Waals surface area contributed by atoms with Crippen molar-refractivity contribution in [3.8, 4) is 11.5 Å². The van der Waals surface area contributed by atoms with Crippen molar-refractivity contribution in [1.82, 2.24) is 15.1 Å². The average Bonchev–Trinajstić information content (AvgIpc) is 2.65. The highest BCUT2D eigenvalue weighted by Gasteiger charge is 2.21. The van der Waals surface area contributed by atoms with Gasteiger partial charge in [0.2, 0.25) is 5.91 Å². The Morgan fingerprint density at radius 2 is 1.72 bits per heavy atom. The van der Waals surface area contributed by atoms with E-state index in [0.717, 1.165) is 63.7 Å². The molecule has 0 spiro atoms. The van der Waals surface area contributed by atoms with Crippen LogP contribution < -0.4 is 14.8 Å². The molecule has 0 unspecified atom stereocenters. The van der Waals surface area contributed by atoms with Crippen LogP contribution in [0.3, 0.4) is 0 Å². The third-order valence-corrected chi connectivity index (χ3v) is 4.91. The lowest BCUT2D eigenvalue weighted by atomic mass is 9.98. The number of ether oxygens (including phenoxy) is 2. The summed E-state index contributed by atoms with van der Waals surface area (Å²) in [6, 6.07) is 4.15. The standard InChI is InChI=1S/C18H27N3O3.ClH/c1-23-16-11-14-3-7-20(13-15(14)12-17(16)24-2)8-4-18(22)21-9-5-19-6-10-21;/h11-12,19H,3-10,13H2,1-2H3;1H. The van der Waals surface area contributed by atoms with Gasteiger partial charge in [-0.15, -0.1) is 12.4 Å². The predicted molar refractivity (Wildman–Crippen MR) is 99.8 cm³/mol. The van der Waals surface area contributed by atoms with Gasteiger partial charge in [0.1, 0.15) is 0 Å². The first-order chi connectivity index (χ1) is 11.7. The Balaban J connectivity index is 0.00000225. The van der Waals surface area contributed by atoms with E-state index in [-0.39, 0.29) is 18.3 Å². The number of hydrogen-bond donors (Lipinski definition) is 1. The zero-order valence-electron chi connectivity index (χ0n) is 15.0. The summed E-state index contributed by atoms with van der Waals surface area (Å²) < 4.78 is 10.8. The van der Waals surface area contributed by atoms with Crippen LogP contribution in [0.15, 0.2) is 12.1 Å². The second-order valence-electron chi connectivity index (χ2n) is 6.38. The number of rotatable bonds is 5. The molecule has 25 heavy (non-hydrogen) atoms. The van der Waals surface area contributed by atoms with Gasteiger partial charge < -0.3 is 19.7 Å². The largest absolute Gasteiger partial charge is 0.493 e. The Morgan fingerprint density at radius 3 is 2.36 bits per heavy atom. The zero-order chi connectivity index (χ0) is 16.9. The molecule has 3 rings (SSSR count).